The summed E-state index contributed by atoms with van der Waals surface area (Å²) in [7, 11) is 0. The first-order valence-electron chi connectivity index (χ1n) is 5.38. The van der Waals surface area contributed by atoms with E-state index < -0.39 is 5.60 Å². The van der Waals surface area contributed by atoms with Gasteiger partial charge < -0.3 is 15.5 Å². The molecule has 0 fully saturated rings. The predicted molar refractivity (Wildman–Crippen MR) is 59.2 cm³/mol. The van der Waals surface area contributed by atoms with Crippen LogP contribution >= 0.6 is 0 Å². The van der Waals surface area contributed by atoms with Gasteiger partial charge in [-0.1, -0.05) is 27.7 Å². The van der Waals surface area contributed by atoms with E-state index in [0.717, 1.165) is 0 Å². The van der Waals surface area contributed by atoms with E-state index in [9.17, 15) is 5.11 Å². The Morgan fingerprint density at radius 2 is 1.71 bits per heavy atom. The van der Waals surface area contributed by atoms with E-state index in [4.69, 9.17) is 5.11 Å². The highest BCUT2D eigenvalue weighted by atomic mass is 16.3. The Hall–Kier alpha value is -0.120. The monoisotopic (exact) mass is 203 g/mol. The molecule has 0 aromatic carbocycles. The molecule has 0 bridgehead atoms. The summed E-state index contributed by atoms with van der Waals surface area (Å²) in [5, 5.41) is 22.3. The van der Waals surface area contributed by atoms with Gasteiger partial charge in [0.1, 0.15) is 0 Å². The molecule has 3 heteroatoms. The SMILES string of the molecule is CC(C)C(CO)NCC(C)(O)C(C)C. The quantitative estimate of drug-likeness (QED) is 0.603. The fourth-order valence-corrected chi connectivity index (χ4v) is 1.05. The smallest absolute Gasteiger partial charge is 0.0766 e. The largest absolute Gasteiger partial charge is 0.395 e. The zero-order valence-electron chi connectivity index (χ0n) is 10.0. The molecule has 2 atom stereocenters. The maximum Gasteiger partial charge on any atom is 0.0766 e. The van der Waals surface area contributed by atoms with E-state index in [0.29, 0.717) is 12.5 Å². The number of aliphatic hydroxyl groups excluding tert-OH is 1. The van der Waals surface area contributed by atoms with Crippen molar-refractivity contribution in [3.8, 4) is 0 Å². The third kappa shape index (κ3) is 4.40. The maximum absolute atomic E-state index is 9.97. The van der Waals surface area contributed by atoms with Crippen molar-refractivity contribution in [1.29, 1.82) is 0 Å². The van der Waals surface area contributed by atoms with Crippen LogP contribution in [0.25, 0.3) is 0 Å². The van der Waals surface area contributed by atoms with Gasteiger partial charge in [-0.2, -0.15) is 0 Å². The van der Waals surface area contributed by atoms with Crippen molar-refractivity contribution >= 4 is 0 Å². The van der Waals surface area contributed by atoms with Crippen LogP contribution < -0.4 is 5.32 Å². The lowest BCUT2D eigenvalue weighted by atomic mass is 9.92. The van der Waals surface area contributed by atoms with Crippen molar-refractivity contribution in [3.05, 3.63) is 0 Å². The standard InChI is InChI=1S/C11H25NO2/c1-8(2)10(6-13)12-7-11(5,14)9(3)4/h8-10,12-14H,6-7H2,1-5H3. The van der Waals surface area contributed by atoms with E-state index in [1.165, 1.54) is 0 Å². The van der Waals surface area contributed by atoms with Crippen LogP contribution in [0.15, 0.2) is 0 Å². The predicted octanol–water partition coefficient (Wildman–Crippen LogP) is 1.000. The van der Waals surface area contributed by atoms with Crippen LogP contribution in [0.5, 0.6) is 0 Å². The van der Waals surface area contributed by atoms with Crippen LogP contribution in [0.3, 0.4) is 0 Å². The van der Waals surface area contributed by atoms with Crippen LogP contribution in [-0.2, 0) is 0 Å². The Kier molecular flexibility index (Phi) is 5.64. The van der Waals surface area contributed by atoms with Gasteiger partial charge in [0.05, 0.1) is 12.2 Å². The molecule has 2 unspecified atom stereocenters. The zero-order chi connectivity index (χ0) is 11.4. The molecule has 0 aliphatic rings. The molecule has 86 valence electrons. The number of hydrogen-bond acceptors (Lipinski definition) is 3. The zero-order valence-corrected chi connectivity index (χ0v) is 10.0. The fourth-order valence-electron chi connectivity index (χ4n) is 1.05. The summed E-state index contributed by atoms with van der Waals surface area (Å²) >= 11 is 0. The van der Waals surface area contributed by atoms with Gasteiger partial charge >= 0.3 is 0 Å². The van der Waals surface area contributed by atoms with E-state index in [2.05, 4.69) is 19.2 Å². The summed E-state index contributed by atoms with van der Waals surface area (Å²) in [6.45, 7) is 10.5. The molecular weight excluding hydrogens is 178 g/mol. The van der Waals surface area contributed by atoms with Crippen molar-refractivity contribution in [3.63, 3.8) is 0 Å². The van der Waals surface area contributed by atoms with Crippen molar-refractivity contribution in [2.45, 2.75) is 46.3 Å². The molecule has 3 N–H and O–H groups in total. The highest BCUT2D eigenvalue weighted by Gasteiger charge is 2.26. The molecule has 0 aromatic rings. The molecule has 0 saturated heterocycles. The number of aliphatic hydroxyl groups is 2. The van der Waals surface area contributed by atoms with Gasteiger partial charge in [0.25, 0.3) is 0 Å². The minimum Gasteiger partial charge on any atom is -0.395 e. The Bertz CT molecular complexity index is 155. The first-order chi connectivity index (χ1) is 6.31. The summed E-state index contributed by atoms with van der Waals surface area (Å²) < 4.78 is 0. The number of hydrogen-bond donors (Lipinski definition) is 3. The van der Waals surface area contributed by atoms with Crippen molar-refractivity contribution in [1.82, 2.24) is 5.32 Å². The van der Waals surface area contributed by atoms with Crippen LogP contribution in [-0.4, -0.2) is 35.0 Å². The van der Waals surface area contributed by atoms with Gasteiger partial charge in [-0.15, -0.1) is 0 Å². The summed E-state index contributed by atoms with van der Waals surface area (Å²) in [6, 6.07) is 0.0697. The average Bonchev–Trinajstić information content (AvgIpc) is 2.04. The molecule has 3 nitrogen and oxygen atoms in total. The molecular formula is C11H25NO2. The third-order valence-corrected chi connectivity index (χ3v) is 2.97. The topological polar surface area (TPSA) is 52.5 Å². The van der Waals surface area contributed by atoms with Crippen molar-refractivity contribution in [2.75, 3.05) is 13.2 Å². The van der Waals surface area contributed by atoms with Gasteiger partial charge in [-0.05, 0) is 18.8 Å². The second-order valence-corrected chi connectivity index (χ2v) is 4.93. The first-order valence-corrected chi connectivity index (χ1v) is 5.38. The summed E-state index contributed by atoms with van der Waals surface area (Å²) in [5.41, 5.74) is -0.706. The Morgan fingerprint density at radius 3 is 2.00 bits per heavy atom. The molecule has 0 radical (unpaired) electrons. The van der Waals surface area contributed by atoms with Crippen LogP contribution in [0.2, 0.25) is 0 Å². The lowest BCUT2D eigenvalue weighted by Crippen LogP contribution is -2.48. The molecule has 0 aromatic heterocycles. The van der Waals surface area contributed by atoms with E-state index in [1.54, 1.807) is 0 Å². The Balaban J connectivity index is 4.02. The van der Waals surface area contributed by atoms with Gasteiger partial charge in [0.15, 0.2) is 0 Å². The average molecular weight is 203 g/mol. The summed E-state index contributed by atoms with van der Waals surface area (Å²) in [6.07, 6.45) is 0. The van der Waals surface area contributed by atoms with E-state index >= 15 is 0 Å². The van der Waals surface area contributed by atoms with E-state index in [1.807, 2.05) is 20.8 Å². The normalized spacial score (nSPS) is 18.6. The van der Waals surface area contributed by atoms with E-state index in [-0.39, 0.29) is 18.6 Å². The number of rotatable bonds is 6. The molecule has 0 saturated carbocycles. The van der Waals surface area contributed by atoms with Gasteiger partial charge in [-0.25, -0.2) is 0 Å². The Morgan fingerprint density at radius 1 is 1.21 bits per heavy atom. The van der Waals surface area contributed by atoms with Crippen molar-refractivity contribution in [2.24, 2.45) is 11.8 Å². The van der Waals surface area contributed by atoms with Gasteiger partial charge in [0, 0.05) is 12.6 Å². The first kappa shape index (κ1) is 13.9. The molecule has 0 spiro atoms. The molecule has 0 heterocycles. The fraction of sp³-hybridized carbons (Fsp3) is 1.00. The van der Waals surface area contributed by atoms with Gasteiger partial charge in [-0.3, -0.25) is 0 Å². The highest BCUT2D eigenvalue weighted by Crippen LogP contribution is 2.15. The third-order valence-electron chi connectivity index (χ3n) is 2.97. The second kappa shape index (κ2) is 5.69. The molecule has 0 rings (SSSR count). The lowest BCUT2D eigenvalue weighted by Gasteiger charge is -2.31. The van der Waals surface area contributed by atoms with Crippen LogP contribution in [0.1, 0.15) is 34.6 Å². The van der Waals surface area contributed by atoms with Crippen molar-refractivity contribution < 1.29 is 10.2 Å². The minimum atomic E-state index is -0.706. The summed E-state index contributed by atoms with van der Waals surface area (Å²) in [5.74, 6) is 0.587. The summed E-state index contributed by atoms with van der Waals surface area (Å²) in [4.78, 5) is 0. The second-order valence-electron chi connectivity index (χ2n) is 4.93. The maximum atomic E-state index is 9.97. The molecule has 14 heavy (non-hydrogen) atoms. The van der Waals surface area contributed by atoms with Gasteiger partial charge in [0.2, 0.25) is 0 Å². The van der Waals surface area contributed by atoms with Crippen LogP contribution in [0, 0.1) is 11.8 Å². The molecule has 0 aliphatic heterocycles. The molecule has 0 aliphatic carbocycles. The molecule has 0 amide bonds. The highest BCUT2D eigenvalue weighted by molar-refractivity contribution is 4.81. The Labute approximate surface area is 87.5 Å². The lowest BCUT2D eigenvalue weighted by molar-refractivity contribution is 0.00827. The number of nitrogens with one attached hydrogen (secondary N) is 1. The van der Waals surface area contributed by atoms with Crippen LogP contribution in [0.4, 0.5) is 0 Å². The minimum absolute atomic E-state index is 0.0697.